The van der Waals surface area contributed by atoms with Gasteiger partial charge in [0.05, 0.1) is 24.3 Å². The van der Waals surface area contributed by atoms with E-state index in [0.717, 1.165) is 12.1 Å². The summed E-state index contributed by atoms with van der Waals surface area (Å²) in [5.41, 5.74) is -0.260. The lowest BCUT2D eigenvalue weighted by Crippen LogP contribution is -2.47. The zero-order valence-corrected chi connectivity index (χ0v) is 18.7. The van der Waals surface area contributed by atoms with Gasteiger partial charge in [-0.05, 0) is 56.2 Å². The normalized spacial score (nSPS) is 18.0. The number of likely N-dealkylation sites (tertiary alicyclic amines) is 1. The highest BCUT2D eigenvalue weighted by atomic mass is 19.4. The van der Waals surface area contributed by atoms with Crippen molar-refractivity contribution in [3.8, 4) is 11.1 Å². The van der Waals surface area contributed by atoms with Gasteiger partial charge in [-0.25, -0.2) is 13.6 Å². The lowest BCUT2D eigenvalue weighted by atomic mass is 10.0. The molecule has 2 heterocycles. The summed E-state index contributed by atoms with van der Waals surface area (Å²) in [6.45, 7) is 3.70. The van der Waals surface area contributed by atoms with E-state index in [2.05, 4.69) is 10.3 Å². The van der Waals surface area contributed by atoms with Crippen LogP contribution < -0.4 is 5.32 Å². The van der Waals surface area contributed by atoms with E-state index < -0.39 is 54.3 Å². The van der Waals surface area contributed by atoms with Gasteiger partial charge in [0.25, 0.3) is 5.92 Å². The average Bonchev–Trinajstić information content (AvgIpc) is 3.06. The van der Waals surface area contributed by atoms with Gasteiger partial charge in [-0.1, -0.05) is 12.1 Å². The summed E-state index contributed by atoms with van der Waals surface area (Å²) < 4.78 is 71.4. The van der Waals surface area contributed by atoms with Crippen LogP contribution in [-0.4, -0.2) is 46.0 Å². The third kappa shape index (κ3) is 6.42. The van der Waals surface area contributed by atoms with Gasteiger partial charge in [0, 0.05) is 12.6 Å². The molecule has 1 N–H and O–H groups in total. The fraction of sp³-hybridized carbons (Fsp3) is 0.435. The quantitative estimate of drug-likeness (QED) is 0.617. The lowest BCUT2D eigenvalue weighted by molar-refractivity contribution is -0.137. The monoisotopic (exact) mass is 485 g/mol. The predicted octanol–water partition coefficient (Wildman–Crippen LogP) is 5.03. The first-order valence-corrected chi connectivity index (χ1v) is 10.4. The topological polar surface area (TPSA) is 71.5 Å². The van der Waals surface area contributed by atoms with Gasteiger partial charge in [0.15, 0.2) is 0 Å². The van der Waals surface area contributed by atoms with Crippen molar-refractivity contribution in [2.24, 2.45) is 0 Å². The molecule has 0 radical (unpaired) electrons. The standard InChI is InChI=1S/C23H24F5N3O3/c1-21(2,3)34-20(33)31-13-22(24,25)11-18(31)19(32)30-12-17-10-15(8-9-29-17)14-4-6-16(7-5-14)23(26,27)28/h4-10,18H,11-13H2,1-3H3,(H,30,32). The molecule has 0 saturated carbocycles. The number of alkyl halides is 5. The number of nitrogens with zero attached hydrogens (tertiary/aromatic N) is 2. The molecule has 1 fully saturated rings. The maximum atomic E-state index is 14.0. The number of ether oxygens (including phenoxy) is 1. The first-order chi connectivity index (χ1) is 15.6. The number of halogens is 5. The zero-order valence-electron chi connectivity index (χ0n) is 18.7. The minimum atomic E-state index is -4.45. The van der Waals surface area contributed by atoms with Crippen molar-refractivity contribution < 1.29 is 36.3 Å². The largest absolute Gasteiger partial charge is 0.444 e. The first-order valence-electron chi connectivity index (χ1n) is 10.4. The minimum absolute atomic E-state index is 0.127. The highest BCUT2D eigenvalue weighted by molar-refractivity contribution is 5.86. The van der Waals surface area contributed by atoms with Crippen LogP contribution in [0.3, 0.4) is 0 Å². The number of benzene rings is 1. The van der Waals surface area contributed by atoms with E-state index in [1.54, 1.807) is 32.9 Å². The van der Waals surface area contributed by atoms with Crippen molar-refractivity contribution in [1.82, 2.24) is 15.2 Å². The second-order valence-corrected chi connectivity index (χ2v) is 9.01. The maximum Gasteiger partial charge on any atom is 0.416 e. The van der Waals surface area contributed by atoms with Crippen LogP contribution in [-0.2, 0) is 22.3 Å². The number of carbonyl (C=O) groups is 2. The van der Waals surface area contributed by atoms with Gasteiger partial charge in [0.1, 0.15) is 11.6 Å². The van der Waals surface area contributed by atoms with Crippen molar-refractivity contribution >= 4 is 12.0 Å². The van der Waals surface area contributed by atoms with Gasteiger partial charge >= 0.3 is 12.3 Å². The van der Waals surface area contributed by atoms with Crippen molar-refractivity contribution in [2.75, 3.05) is 6.54 Å². The van der Waals surface area contributed by atoms with Crippen LogP contribution >= 0.6 is 0 Å². The fourth-order valence-electron chi connectivity index (χ4n) is 3.47. The molecule has 1 aliphatic heterocycles. The molecule has 1 saturated heterocycles. The molecule has 3 rings (SSSR count). The van der Waals surface area contributed by atoms with Gasteiger partial charge in [-0.3, -0.25) is 14.7 Å². The molecule has 1 aromatic carbocycles. The number of amides is 2. The first kappa shape index (κ1) is 25.4. The Bertz CT molecular complexity index is 1050. The molecule has 1 aromatic heterocycles. The summed E-state index contributed by atoms with van der Waals surface area (Å²) in [4.78, 5) is 29.8. The molecule has 34 heavy (non-hydrogen) atoms. The van der Waals surface area contributed by atoms with Crippen molar-refractivity contribution in [2.45, 2.75) is 57.5 Å². The van der Waals surface area contributed by atoms with Crippen LogP contribution in [0.4, 0.5) is 26.7 Å². The van der Waals surface area contributed by atoms with E-state index in [4.69, 9.17) is 4.74 Å². The van der Waals surface area contributed by atoms with Crippen LogP contribution in [0.25, 0.3) is 11.1 Å². The van der Waals surface area contributed by atoms with Gasteiger partial charge in [-0.15, -0.1) is 0 Å². The second kappa shape index (κ2) is 9.19. The lowest BCUT2D eigenvalue weighted by Gasteiger charge is -2.27. The van der Waals surface area contributed by atoms with E-state index in [1.165, 1.54) is 18.3 Å². The predicted molar refractivity (Wildman–Crippen MR) is 113 cm³/mol. The Morgan fingerprint density at radius 1 is 1.12 bits per heavy atom. The van der Waals surface area contributed by atoms with Crippen LogP contribution in [0.2, 0.25) is 0 Å². The number of hydrogen-bond donors (Lipinski definition) is 1. The van der Waals surface area contributed by atoms with Crippen LogP contribution in [0.5, 0.6) is 0 Å². The second-order valence-electron chi connectivity index (χ2n) is 9.01. The highest BCUT2D eigenvalue weighted by Crippen LogP contribution is 2.33. The number of nitrogens with one attached hydrogen (secondary N) is 1. The molecule has 1 aliphatic rings. The molecule has 1 unspecified atom stereocenters. The van der Waals surface area contributed by atoms with Crippen molar-refractivity contribution in [3.63, 3.8) is 0 Å². The molecule has 2 aromatic rings. The summed E-state index contributed by atoms with van der Waals surface area (Å²) in [6.07, 6.45) is -4.87. The van der Waals surface area contributed by atoms with Gasteiger partial charge in [0.2, 0.25) is 5.91 Å². The molecular formula is C23H24F5N3O3. The van der Waals surface area contributed by atoms with E-state index >= 15 is 0 Å². The molecule has 11 heteroatoms. The molecular weight excluding hydrogens is 461 g/mol. The Labute approximate surface area is 193 Å². The SMILES string of the molecule is CC(C)(C)OC(=O)N1CC(F)(F)CC1C(=O)NCc1cc(-c2ccc(C(F)(F)F)cc2)ccn1. The Balaban J connectivity index is 1.69. The molecule has 0 aliphatic carbocycles. The maximum absolute atomic E-state index is 14.0. The molecule has 6 nitrogen and oxygen atoms in total. The van der Waals surface area contributed by atoms with E-state index in [1.807, 2.05) is 0 Å². The summed E-state index contributed by atoms with van der Waals surface area (Å²) in [5, 5.41) is 2.50. The minimum Gasteiger partial charge on any atom is -0.444 e. The van der Waals surface area contributed by atoms with Crippen molar-refractivity contribution in [3.05, 3.63) is 53.9 Å². The van der Waals surface area contributed by atoms with E-state index in [9.17, 15) is 31.5 Å². The molecule has 184 valence electrons. The van der Waals surface area contributed by atoms with Gasteiger partial charge in [-0.2, -0.15) is 13.2 Å². The Morgan fingerprint density at radius 2 is 1.76 bits per heavy atom. The van der Waals surface area contributed by atoms with Crippen LogP contribution in [0.15, 0.2) is 42.6 Å². The summed E-state index contributed by atoms with van der Waals surface area (Å²) in [7, 11) is 0. The number of rotatable bonds is 4. The Hall–Kier alpha value is -3.24. The number of carbonyl (C=O) groups excluding carboxylic acids is 2. The number of aromatic nitrogens is 1. The molecule has 0 spiro atoms. The Kier molecular flexibility index (Phi) is 6.86. The van der Waals surface area contributed by atoms with Crippen LogP contribution in [0, 0.1) is 0 Å². The fourth-order valence-corrected chi connectivity index (χ4v) is 3.47. The third-order valence-corrected chi connectivity index (χ3v) is 5.01. The molecule has 2 amide bonds. The summed E-state index contributed by atoms with van der Waals surface area (Å²) in [6, 6.07) is 6.31. The average molecular weight is 485 g/mol. The molecule has 1 atom stereocenters. The third-order valence-electron chi connectivity index (χ3n) is 5.01. The smallest absolute Gasteiger partial charge is 0.416 e. The highest BCUT2D eigenvalue weighted by Gasteiger charge is 2.51. The number of hydrogen-bond acceptors (Lipinski definition) is 4. The Morgan fingerprint density at radius 3 is 2.35 bits per heavy atom. The van der Waals surface area contributed by atoms with Gasteiger partial charge < -0.3 is 10.1 Å². The van der Waals surface area contributed by atoms with E-state index in [-0.39, 0.29) is 6.54 Å². The zero-order chi connectivity index (χ0) is 25.3. The number of pyridine rings is 1. The van der Waals surface area contributed by atoms with Crippen molar-refractivity contribution in [1.29, 1.82) is 0 Å². The summed E-state index contributed by atoms with van der Waals surface area (Å²) in [5.74, 6) is -4.02. The van der Waals surface area contributed by atoms with Crippen LogP contribution in [0.1, 0.15) is 38.4 Å². The summed E-state index contributed by atoms with van der Waals surface area (Å²) >= 11 is 0. The molecule has 0 bridgehead atoms. The van der Waals surface area contributed by atoms with E-state index in [0.29, 0.717) is 21.7 Å².